The lowest BCUT2D eigenvalue weighted by atomic mass is 10.2. The second-order valence-corrected chi connectivity index (χ2v) is 4.39. The van der Waals surface area contributed by atoms with Crippen LogP contribution in [0.25, 0.3) is 10.1 Å². The molecule has 2 rings (SSSR count). The lowest BCUT2D eigenvalue weighted by molar-refractivity contribution is 0.344. The van der Waals surface area contributed by atoms with Gasteiger partial charge in [0, 0.05) is 15.8 Å². The summed E-state index contributed by atoms with van der Waals surface area (Å²) in [5, 5.41) is 1.94. The lowest BCUT2D eigenvalue weighted by Gasteiger charge is -1.98. The summed E-state index contributed by atoms with van der Waals surface area (Å²) in [6.07, 6.45) is 0. The Morgan fingerprint density at radius 1 is 1.50 bits per heavy atom. The number of thiol groups is 1. The molecule has 2 aromatic rings. The maximum Gasteiger partial charge on any atom is 0.188 e. The summed E-state index contributed by atoms with van der Waals surface area (Å²) in [6.45, 7) is 2.63. The molecule has 0 spiro atoms. The molecule has 1 heterocycles. The summed E-state index contributed by atoms with van der Waals surface area (Å²) in [5.41, 5.74) is 6.46. The van der Waals surface area contributed by atoms with E-state index in [0.717, 1.165) is 25.7 Å². The SMILES string of the molecule is CCOc1sc2ccc(N)cc2c1S. The molecule has 0 atom stereocenters. The maximum atomic E-state index is 5.71. The molecule has 0 unspecified atom stereocenters. The molecule has 14 heavy (non-hydrogen) atoms. The minimum Gasteiger partial charge on any atom is -0.483 e. The van der Waals surface area contributed by atoms with Crippen molar-refractivity contribution >= 4 is 39.7 Å². The number of ether oxygens (including phenoxy) is 1. The van der Waals surface area contributed by atoms with E-state index in [1.54, 1.807) is 11.3 Å². The van der Waals surface area contributed by atoms with Gasteiger partial charge in [-0.15, -0.1) is 12.6 Å². The van der Waals surface area contributed by atoms with Crippen LogP contribution in [0, 0.1) is 0 Å². The first-order valence-electron chi connectivity index (χ1n) is 4.36. The van der Waals surface area contributed by atoms with Gasteiger partial charge in [-0.05, 0) is 25.1 Å². The van der Waals surface area contributed by atoms with Gasteiger partial charge in [-0.2, -0.15) is 0 Å². The molecule has 1 aromatic carbocycles. The van der Waals surface area contributed by atoms with E-state index in [-0.39, 0.29) is 0 Å². The van der Waals surface area contributed by atoms with Crippen LogP contribution in [0.5, 0.6) is 5.06 Å². The van der Waals surface area contributed by atoms with Gasteiger partial charge in [0.2, 0.25) is 0 Å². The summed E-state index contributed by atoms with van der Waals surface area (Å²) in [7, 11) is 0. The van der Waals surface area contributed by atoms with Crippen LogP contribution in [0.3, 0.4) is 0 Å². The second kappa shape index (κ2) is 3.71. The fourth-order valence-electron chi connectivity index (χ4n) is 1.31. The predicted octanol–water partition coefficient (Wildman–Crippen LogP) is 3.17. The van der Waals surface area contributed by atoms with Gasteiger partial charge in [0.15, 0.2) is 5.06 Å². The van der Waals surface area contributed by atoms with E-state index in [1.165, 1.54) is 0 Å². The Hall–Kier alpha value is -0.870. The van der Waals surface area contributed by atoms with Crippen molar-refractivity contribution in [1.82, 2.24) is 0 Å². The molecule has 74 valence electrons. The van der Waals surface area contributed by atoms with Gasteiger partial charge in [-0.1, -0.05) is 11.3 Å². The number of rotatable bonds is 2. The predicted molar refractivity (Wildman–Crippen MR) is 64.7 cm³/mol. The van der Waals surface area contributed by atoms with Crippen molar-refractivity contribution in [2.75, 3.05) is 12.3 Å². The average molecular weight is 225 g/mol. The molecule has 0 aliphatic carbocycles. The average Bonchev–Trinajstić information content (AvgIpc) is 2.46. The molecular formula is C10H11NOS2. The zero-order valence-corrected chi connectivity index (χ0v) is 9.49. The molecule has 0 fully saturated rings. The maximum absolute atomic E-state index is 5.71. The number of nitrogen functional groups attached to an aromatic ring is 1. The number of thiophene rings is 1. The van der Waals surface area contributed by atoms with Crippen molar-refractivity contribution < 1.29 is 4.74 Å². The van der Waals surface area contributed by atoms with E-state index in [0.29, 0.717) is 6.61 Å². The van der Waals surface area contributed by atoms with Gasteiger partial charge in [0.1, 0.15) is 0 Å². The van der Waals surface area contributed by atoms with Gasteiger partial charge in [0.25, 0.3) is 0 Å². The van der Waals surface area contributed by atoms with E-state index >= 15 is 0 Å². The fraction of sp³-hybridized carbons (Fsp3) is 0.200. The largest absolute Gasteiger partial charge is 0.483 e. The molecule has 0 saturated carbocycles. The molecule has 2 N–H and O–H groups in total. The van der Waals surface area contributed by atoms with Crippen LogP contribution < -0.4 is 10.5 Å². The molecule has 0 aliphatic heterocycles. The number of fused-ring (bicyclic) bond motifs is 1. The third-order valence-corrected chi connectivity index (χ3v) is 3.61. The van der Waals surface area contributed by atoms with Crippen LogP contribution in [0.2, 0.25) is 0 Å². The Morgan fingerprint density at radius 2 is 2.29 bits per heavy atom. The highest BCUT2D eigenvalue weighted by Crippen LogP contribution is 2.40. The quantitative estimate of drug-likeness (QED) is 0.608. The highest BCUT2D eigenvalue weighted by Gasteiger charge is 2.09. The third kappa shape index (κ3) is 1.55. The van der Waals surface area contributed by atoms with E-state index in [4.69, 9.17) is 10.5 Å². The summed E-state index contributed by atoms with van der Waals surface area (Å²) < 4.78 is 6.62. The van der Waals surface area contributed by atoms with Crippen molar-refractivity contribution in [3.8, 4) is 5.06 Å². The van der Waals surface area contributed by atoms with Gasteiger partial charge < -0.3 is 10.5 Å². The molecular weight excluding hydrogens is 214 g/mol. The summed E-state index contributed by atoms with van der Waals surface area (Å²) >= 11 is 6.03. The zero-order valence-electron chi connectivity index (χ0n) is 7.78. The lowest BCUT2D eigenvalue weighted by Crippen LogP contribution is -1.88. The van der Waals surface area contributed by atoms with E-state index in [1.807, 2.05) is 25.1 Å². The Morgan fingerprint density at radius 3 is 3.00 bits per heavy atom. The normalized spacial score (nSPS) is 10.7. The number of benzene rings is 1. The first-order chi connectivity index (χ1) is 6.72. The minimum absolute atomic E-state index is 0.663. The highest BCUT2D eigenvalue weighted by atomic mass is 32.1. The standard InChI is InChI=1S/C10H11NOS2/c1-2-12-10-9(13)7-5-6(11)3-4-8(7)14-10/h3-5,13H,2,11H2,1H3. The third-order valence-electron chi connectivity index (χ3n) is 1.93. The first kappa shape index (κ1) is 9.68. The van der Waals surface area contributed by atoms with Crippen LogP contribution in [0.4, 0.5) is 5.69 Å². The van der Waals surface area contributed by atoms with Crippen LogP contribution in [0.15, 0.2) is 23.1 Å². The van der Waals surface area contributed by atoms with E-state index in [9.17, 15) is 0 Å². The van der Waals surface area contributed by atoms with E-state index < -0.39 is 0 Å². The number of anilines is 1. The van der Waals surface area contributed by atoms with Crippen molar-refractivity contribution in [1.29, 1.82) is 0 Å². The summed E-state index contributed by atoms with van der Waals surface area (Å²) in [6, 6.07) is 5.82. The Labute approximate surface area is 92.1 Å². The molecule has 0 bridgehead atoms. The molecule has 0 aliphatic rings. The van der Waals surface area contributed by atoms with Crippen LogP contribution in [-0.4, -0.2) is 6.61 Å². The van der Waals surface area contributed by atoms with Crippen molar-refractivity contribution in [3.05, 3.63) is 18.2 Å². The summed E-state index contributed by atoms with van der Waals surface area (Å²) in [5.74, 6) is 0. The molecule has 0 radical (unpaired) electrons. The second-order valence-electron chi connectivity index (χ2n) is 2.93. The van der Waals surface area contributed by atoms with Crippen LogP contribution in [0.1, 0.15) is 6.92 Å². The number of hydrogen-bond donors (Lipinski definition) is 2. The molecule has 0 saturated heterocycles. The first-order valence-corrected chi connectivity index (χ1v) is 5.62. The van der Waals surface area contributed by atoms with Gasteiger partial charge >= 0.3 is 0 Å². The number of hydrogen-bond acceptors (Lipinski definition) is 4. The monoisotopic (exact) mass is 225 g/mol. The summed E-state index contributed by atoms with van der Waals surface area (Å²) in [4.78, 5) is 0.888. The Balaban J connectivity index is 2.62. The minimum atomic E-state index is 0.663. The highest BCUT2D eigenvalue weighted by molar-refractivity contribution is 7.81. The van der Waals surface area contributed by atoms with Crippen molar-refractivity contribution in [3.63, 3.8) is 0 Å². The molecule has 2 nitrogen and oxygen atoms in total. The molecule has 1 aromatic heterocycles. The Bertz CT molecular complexity index is 464. The topological polar surface area (TPSA) is 35.2 Å². The Kier molecular flexibility index (Phi) is 2.56. The van der Waals surface area contributed by atoms with Crippen molar-refractivity contribution in [2.45, 2.75) is 11.8 Å². The number of nitrogens with two attached hydrogens (primary N) is 1. The van der Waals surface area contributed by atoms with Crippen LogP contribution >= 0.6 is 24.0 Å². The molecule has 4 heteroatoms. The molecule has 0 amide bonds. The fourth-order valence-corrected chi connectivity index (χ4v) is 2.76. The zero-order chi connectivity index (χ0) is 10.1. The van der Waals surface area contributed by atoms with Crippen molar-refractivity contribution in [2.24, 2.45) is 0 Å². The van der Waals surface area contributed by atoms with Crippen LogP contribution in [-0.2, 0) is 0 Å². The smallest absolute Gasteiger partial charge is 0.188 e. The van der Waals surface area contributed by atoms with E-state index in [2.05, 4.69) is 12.6 Å². The van der Waals surface area contributed by atoms with Gasteiger partial charge in [-0.3, -0.25) is 0 Å². The van der Waals surface area contributed by atoms with Gasteiger partial charge in [-0.25, -0.2) is 0 Å². The van der Waals surface area contributed by atoms with Gasteiger partial charge in [0.05, 0.1) is 11.5 Å².